The number of hydrogen-bond donors (Lipinski definition) is 3. The van der Waals surface area contributed by atoms with E-state index in [0.717, 1.165) is 4.47 Å². The fourth-order valence-electron chi connectivity index (χ4n) is 1.70. The summed E-state index contributed by atoms with van der Waals surface area (Å²) in [6.07, 6.45) is 0. The summed E-state index contributed by atoms with van der Waals surface area (Å²) < 4.78 is 6.12. The zero-order valence-electron chi connectivity index (χ0n) is 13.0. The van der Waals surface area contributed by atoms with Gasteiger partial charge in [-0.25, -0.2) is 0 Å². The number of benzene rings is 1. The Morgan fingerprint density at radius 1 is 1.23 bits per heavy atom. The third-order valence-corrected chi connectivity index (χ3v) is 3.25. The van der Waals surface area contributed by atoms with E-state index in [1.807, 2.05) is 19.1 Å². The van der Waals surface area contributed by atoms with E-state index < -0.39 is 0 Å². The van der Waals surface area contributed by atoms with E-state index in [1.54, 1.807) is 19.2 Å². The average molecular weight is 371 g/mol. The van der Waals surface area contributed by atoms with E-state index >= 15 is 0 Å². The summed E-state index contributed by atoms with van der Waals surface area (Å²) in [4.78, 5) is 16.0. The number of halogens is 1. The van der Waals surface area contributed by atoms with Crippen LogP contribution >= 0.6 is 15.9 Å². The molecule has 0 aromatic heterocycles. The summed E-state index contributed by atoms with van der Waals surface area (Å²) in [5, 5.41) is 9.10. The predicted molar refractivity (Wildman–Crippen MR) is 92.3 cm³/mol. The molecule has 0 saturated carbocycles. The summed E-state index contributed by atoms with van der Waals surface area (Å²) in [7, 11) is 1.70. The SMILES string of the molecule is CCOCCNC(=NC)NCCNC(=O)c1cccc(Br)c1. The lowest BCUT2D eigenvalue weighted by Crippen LogP contribution is -2.42. The molecule has 1 rings (SSSR count). The molecule has 122 valence electrons. The highest BCUT2D eigenvalue weighted by molar-refractivity contribution is 9.10. The molecule has 6 nitrogen and oxygen atoms in total. The maximum absolute atomic E-state index is 11.9. The fraction of sp³-hybridized carbons (Fsp3) is 0.467. The van der Waals surface area contributed by atoms with E-state index in [4.69, 9.17) is 4.74 Å². The van der Waals surface area contributed by atoms with Crippen molar-refractivity contribution in [2.24, 2.45) is 4.99 Å². The van der Waals surface area contributed by atoms with Crippen LogP contribution in [0.2, 0.25) is 0 Å². The molecule has 0 aliphatic rings. The van der Waals surface area contributed by atoms with Crippen molar-refractivity contribution in [2.45, 2.75) is 6.92 Å². The minimum atomic E-state index is -0.0950. The molecule has 7 heteroatoms. The maximum atomic E-state index is 11.9. The molecule has 0 fully saturated rings. The fourth-order valence-corrected chi connectivity index (χ4v) is 2.09. The first-order valence-corrected chi connectivity index (χ1v) is 8.02. The molecule has 1 aromatic rings. The number of nitrogens with one attached hydrogen (secondary N) is 3. The zero-order valence-corrected chi connectivity index (χ0v) is 14.6. The summed E-state index contributed by atoms with van der Waals surface area (Å²) >= 11 is 3.35. The van der Waals surface area contributed by atoms with Gasteiger partial charge in [-0.05, 0) is 25.1 Å². The maximum Gasteiger partial charge on any atom is 0.251 e. The van der Waals surface area contributed by atoms with Crippen molar-refractivity contribution in [1.82, 2.24) is 16.0 Å². The molecule has 0 heterocycles. The summed E-state index contributed by atoms with van der Waals surface area (Å²) in [5.41, 5.74) is 0.633. The van der Waals surface area contributed by atoms with Gasteiger partial charge in [0.1, 0.15) is 0 Å². The van der Waals surface area contributed by atoms with E-state index in [1.165, 1.54) is 0 Å². The lowest BCUT2D eigenvalue weighted by molar-refractivity contribution is 0.0954. The molecule has 0 spiro atoms. The molecule has 0 aliphatic heterocycles. The van der Waals surface area contributed by atoms with E-state index in [0.29, 0.717) is 44.4 Å². The number of guanidine groups is 1. The molecule has 0 saturated heterocycles. The van der Waals surface area contributed by atoms with Crippen LogP contribution < -0.4 is 16.0 Å². The lowest BCUT2D eigenvalue weighted by atomic mass is 10.2. The van der Waals surface area contributed by atoms with Gasteiger partial charge in [-0.1, -0.05) is 22.0 Å². The Balaban J connectivity index is 2.22. The number of hydrogen-bond acceptors (Lipinski definition) is 3. The van der Waals surface area contributed by atoms with Gasteiger partial charge in [0.15, 0.2) is 5.96 Å². The van der Waals surface area contributed by atoms with Crippen molar-refractivity contribution < 1.29 is 9.53 Å². The molecule has 0 aliphatic carbocycles. The second-order valence-corrected chi connectivity index (χ2v) is 5.30. The van der Waals surface area contributed by atoms with Gasteiger partial charge in [-0.15, -0.1) is 0 Å². The summed E-state index contributed by atoms with van der Waals surface area (Å²) in [5.74, 6) is 0.596. The minimum absolute atomic E-state index is 0.0950. The van der Waals surface area contributed by atoms with Crippen LogP contribution in [-0.4, -0.2) is 51.8 Å². The van der Waals surface area contributed by atoms with Crippen molar-refractivity contribution in [2.75, 3.05) is 39.9 Å². The van der Waals surface area contributed by atoms with Crippen molar-refractivity contribution in [3.63, 3.8) is 0 Å². The first-order valence-electron chi connectivity index (χ1n) is 7.23. The molecular formula is C15H23BrN4O2. The van der Waals surface area contributed by atoms with Crippen LogP contribution in [0.5, 0.6) is 0 Å². The van der Waals surface area contributed by atoms with E-state index in [2.05, 4.69) is 36.9 Å². The Bertz CT molecular complexity index is 494. The van der Waals surface area contributed by atoms with Crippen LogP contribution in [0.1, 0.15) is 17.3 Å². The molecule has 0 unspecified atom stereocenters. The summed E-state index contributed by atoms with van der Waals surface area (Å²) in [6, 6.07) is 7.29. The van der Waals surface area contributed by atoms with Gasteiger partial charge in [-0.2, -0.15) is 0 Å². The highest BCUT2D eigenvalue weighted by Gasteiger charge is 2.04. The molecule has 0 bridgehead atoms. The quantitative estimate of drug-likeness (QED) is 0.367. The van der Waals surface area contributed by atoms with Crippen molar-refractivity contribution >= 4 is 27.8 Å². The van der Waals surface area contributed by atoms with Crippen molar-refractivity contribution in [1.29, 1.82) is 0 Å². The lowest BCUT2D eigenvalue weighted by Gasteiger charge is -2.12. The van der Waals surface area contributed by atoms with Gasteiger partial charge < -0.3 is 20.7 Å². The first kappa shape index (κ1) is 18.4. The highest BCUT2D eigenvalue weighted by Crippen LogP contribution is 2.11. The standard InChI is InChI=1S/C15H23BrN4O2/c1-3-22-10-9-20-15(17-2)19-8-7-18-14(21)12-5-4-6-13(16)11-12/h4-6,11H,3,7-10H2,1-2H3,(H,18,21)(H2,17,19,20). The van der Waals surface area contributed by atoms with Crippen LogP contribution in [0.15, 0.2) is 33.7 Å². The van der Waals surface area contributed by atoms with Crippen LogP contribution in [0, 0.1) is 0 Å². The van der Waals surface area contributed by atoms with E-state index in [9.17, 15) is 4.79 Å². The second-order valence-electron chi connectivity index (χ2n) is 4.39. The van der Waals surface area contributed by atoms with Crippen LogP contribution in [0.25, 0.3) is 0 Å². The van der Waals surface area contributed by atoms with Gasteiger partial charge in [0.25, 0.3) is 5.91 Å². The van der Waals surface area contributed by atoms with E-state index in [-0.39, 0.29) is 5.91 Å². The third kappa shape index (κ3) is 7.42. The normalized spacial score (nSPS) is 11.1. The molecule has 0 atom stereocenters. The van der Waals surface area contributed by atoms with Gasteiger partial charge >= 0.3 is 0 Å². The third-order valence-electron chi connectivity index (χ3n) is 2.76. The van der Waals surface area contributed by atoms with Crippen LogP contribution in [-0.2, 0) is 4.74 Å². The Morgan fingerprint density at radius 3 is 2.64 bits per heavy atom. The van der Waals surface area contributed by atoms with Crippen LogP contribution in [0.4, 0.5) is 0 Å². The number of rotatable bonds is 8. The Morgan fingerprint density at radius 2 is 1.95 bits per heavy atom. The van der Waals surface area contributed by atoms with Crippen molar-refractivity contribution in [3.8, 4) is 0 Å². The smallest absolute Gasteiger partial charge is 0.251 e. The van der Waals surface area contributed by atoms with Crippen molar-refractivity contribution in [3.05, 3.63) is 34.3 Å². The predicted octanol–water partition coefficient (Wildman–Crippen LogP) is 1.38. The first-order chi connectivity index (χ1) is 10.7. The van der Waals surface area contributed by atoms with Gasteiger partial charge in [0.05, 0.1) is 6.61 Å². The molecule has 3 N–H and O–H groups in total. The molecule has 1 aromatic carbocycles. The Labute approximate surface area is 139 Å². The highest BCUT2D eigenvalue weighted by atomic mass is 79.9. The van der Waals surface area contributed by atoms with Crippen LogP contribution in [0.3, 0.4) is 0 Å². The number of aliphatic imine (C=N–C) groups is 1. The number of carbonyl (C=O) groups excluding carboxylic acids is 1. The number of ether oxygens (including phenoxy) is 1. The molecule has 0 radical (unpaired) electrons. The molecular weight excluding hydrogens is 348 g/mol. The van der Waals surface area contributed by atoms with Gasteiger partial charge in [0, 0.05) is 43.3 Å². The topological polar surface area (TPSA) is 74.8 Å². The Hall–Kier alpha value is -1.60. The summed E-state index contributed by atoms with van der Waals surface area (Å²) in [6.45, 7) is 5.09. The molecule has 22 heavy (non-hydrogen) atoms. The number of carbonyl (C=O) groups is 1. The monoisotopic (exact) mass is 370 g/mol. The number of amides is 1. The minimum Gasteiger partial charge on any atom is -0.380 e. The Kier molecular flexibility index (Phi) is 9.25. The zero-order chi connectivity index (χ0) is 16.2. The number of nitrogens with zero attached hydrogens (tertiary/aromatic N) is 1. The molecule has 1 amide bonds. The average Bonchev–Trinajstić information content (AvgIpc) is 2.53. The second kappa shape index (κ2) is 11.0. The van der Waals surface area contributed by atoms with Gasteiger partial charge in [-0.3, -0.25) is 9.79 Å². The largest absolute Gasteiger partial charge is 0.380 e. The van der Waals surface area contributed by atoms with Gasteiger partial charge in [0.2, 0.25) is 0 Å².